The first-order chi connectivity index (χ1) is 33.5. The lowest BCUT2D eigenvalue weighted by atomic mass is 10.0. The Balaban J connectivity index is 4.46. The second-order valence-electron chi connectivity index (χ2n) is 19.2. The highest BCUT2D eigenvalue weighted by atomic mass is 16.6. The lowest BCUT2D eigenvalue weighted by Gasteiger charge is -2.18. The Morgan fingerprint density at radius 3 is 0.897 bits per heavy atom. The van der Waals surface area contributed by atoms with Crippen LogP contribution >= 0.6 is 0 Å². The van der Waals surface area contributed by atoms with Crippen molar-refractivity contribution in [1.29, 1.82) is 0 Å². The van der Waals surface area contributed by atoms with Crippen LogP contribution < -0.4 is 0 Å². The zero-order valence-corrected chi connectivity index (χ0v) is 44.9. The van der Waals surface area contributed by atoms with E-state index in [0.717, 1.165) is 77.0 Å². The summed E-state index contributed by atoms with van der Waals surface area (Å²) < 4.78 is 16.8. The van der Waals surface area contributed by atoms with Crippen LogP contribution in [0.2, 0.25) is 0 Å². The van der Waals surface area contributed by atoms with Crippen molar-refractivity contribution >= 4 is 17.9 Å². The molecule has 0 bridgehead atoms. The first-order valence-electron chi connectivity index (χ1n) is 28.9. The third kappa shape index (κ3) is 53.8. The largest absolute Gasteiger partial charge is 0.462 e. The average molecular weight is 950 g/mol. The molecule has 0 aliphatic rings. The maximum atomic E-state index is 12.9. The number of hydrogen-bond acceptors (Lipinski definition) is 6. The van der Waals surface area contributed by atoms with Crippen molar-refractivity contribution in [2.24, 2.45) is 0 Å². The summed E-state index contributed by atoms with van der Waals surface area (Å²) in [7, 11) is 0. The van der Waals surface area contributed by atoms with Crippen LogP contribution in [0.15, 0.2) is 72.9 Å². The van der Waals surface area contributed by atoms with Crippen molar-refractivity contribution in [1.82, 2.24) is 0 Å². The highest BCUT2D eigenvalue weighted by Gasteiger charge is 2.19. The summed E-state index contributed by atoms with van der Waals surface area (Å²) in [5.74, 6) is -0.970. The topological polar surface area (TPSA) is 78.9 Å². The minimum atomic E-state index is -0.802. The first kappa shape index (κ1) is 64.8. The molecule has 0 spiro atoms. The number of hydrogen-bond donors (Lipinski definition) is 0. The van der Waals surface area contributed by atoms with E-state index in [-0.39, 0.29) is 37.5 Å². The van der Waals surface area contributed by atoms with Crippen molar-refractivity contribution in [2.75, 3.05) is 13.2 Å². The number of rotatable bonds is 52. The van der Waals surface area contributed by atoms with E-state index >= 15 is 0 Å². The number of unbranched alkanes of at least 4 members (excludes halogenated alkanes) is 29. The van der Waals surface area contributed by atoms with Crippen LogP contribution in [0.3, 0.4) is 0 Å². The third-order valence-corrected chi connectivity index (χ3v) is 12.5. The summed E-state index contributed by atoms with van der Waals surface area (Å²) in [6.45, 7) is 6.49. The molecule has 0 aromatic heterocycles. The molecule has 0 radical (unpaired) electrons. The van der Waals surface area contributed by atoms with Crippen molar-refractivity contribution in [3.05, 3.63) is 72.9 Å². The third-order valence-electron chi connectivity index (χ3n) is 12.5. The molecule has 6 nitrogen and oxygen atoms in total. The molecule has 0 aromatic carbocycles. The van der Waals surface area contributed by atoms with Crippen LogP contribution in [0.4, 0.5) is 0 Å². The summed E-state index contributed by atoms with van der Waals surface area (Å²) in [4.78, 5) is 38.1. The molecule has 68 heavy (non-hydrogen) atoms. The van der Waals surface area contributed by atoms with Crippen molar-refractivity contribution in [3.63, 3.8) is 0 Å². The van der Waals surface area contributed by atoms with Gasteiger partial charge in [-0.2, -0.15) is 0 Å². The minimum Gasteiger partial charge on any atom is -0.462 e. The molecule has 0 N–H and O–H groups in total. The summed E-state index contributed by atoms with van der Waals surface area (Å²) in [6, 6.07) is 0. The number of allylic oxidation sites excluding steroid dienone is 12. The summed E-state index contributed by atoms with van der Waals surface area (Å²) in [5, 5.41) is 0. The van der Waals surface area contributed by atoms with Gasteiger partial charge < -0.3 is 14.2 Å². The predicted octanol–water partition coefficient (Wildman–Crippen LogP) is 19.4. The molecule has 1 unspecified atom stereocenters. The van der Waals surface area contributed by atoms with Crippen LogP contribution in [0.25, 0.3) is 0 Å². The number of ether oxygens (including phenoxy) is 3. The SMILES string of the molecule is CC/C=C\C/C=C\C/C=C\C/C=C\C/C=C\C/C=C\CCC(=O)OCC(COC(=O)CCCCCCCCCCCCCCCCC)OC(=O)CCCCCCCCCCCCCCCCCC. The van der Waals surface area contributed by atoms with Gasteiger partial charge in [0, 0.05) is 19.3 Å². The van der Waals surface area contributed by atoms with E-state index in [9.17, 15) is 14.4 Å². The van der Waals surface area contributed by atoms with Gasteiger partial charge >= 0.3 is 17.9 Å². The Kier molecular flexibility index (Phi) is 53.8. The number of carbonyl (C=O) groups excluding carboxylic acids is 3. The Morgan fingerprint density at radius 2 is 0.574 bits per heavy atom. The smallest absolute Gasteiger partial charge is 0.306 e. The van der Waals surface area contributed by atoms with Gasteiger partial charge in [0.2, 0.25) is 0 Å². The average Bonchev–Trinajstić information content (AvgIpc) is 3.34. The van der Waals surface area contributed by atoms with Gasteiger partial charge in [0.25, 0.3) is 0 Å². The van der Waals surface area contributed by atoms with Gasteiger partial charge in [0.15, 0.2) is 6.10 Å². The molecule has 0 saturated heterocycles. The maximum absolute atomic E-state index is 12.9. The minimum absolute atomic E-state index is 0.0945. The molecule has 0 aliphatic carbocycles. The lowest BCUT2D eigenvalue weighted by molar-refractivity contribution is -0.166. The Labute approximate surface area is 421 Å². The van der Waals surface area contributed by atoms with Crippen molar-refractivity contribution in [3.8, 4) is 0 Å². The van der Waals surface area contributed by atoms with Crippen LogP contribution in [0, 0.1) is 0 Å². The molecule has 0 aromatic rings. The van der Waals surface area contributed by atoms with E-state index in [4.69, 9.17) is 14.2 Å². The summed E-state index contributed by atoms with van der Waals surface area (Å²) >= 11 is 0. The molecular formula is C62H108O6. The maximum Gasteiger partial charge on any atom is 0.306 e. The van der Waals surface area contributed by atoms with Gasteiger partial charge in [0.05, 0.1) is 0 Å². The predicted molar refractivity (Wildman–Crippen MR) is 293 cm³/mol. The molecule has 0 saturated carbocycles. The molecular weight excluding hydrogens is 841 g/mol. The lowest BCUT2D eigenvalue weighted by Crippen LogP contribution is -2.30. The van der Waals surface area contributed by atoms with E-state index in [2.05, 4.69) is 87.6 Å². The molecule has 0 aliphatic heterocycles. The molecule has 1 atom stereocenters. The zero-order valence-electron chi connectivity index (χ0n) is 44.9. The normalized spacial score (nSPS) is 12.6. The molecule has 0 amide bonds. The van der Waals surface area contributed by atoms with Gasteiger partial charge in [-0.15, -0.1) is 0 Å². The highest BCUT2D eigenvalue weighted by Crippen LogP contribution is 2.16. The monoisotopic (exact) mass is 949 g/mol. The summed E-state index contributed by atoms with van der Waals surface area (Å²) in [5.41, 5.74) is 0. The molecule has 6 heteroatoms. The van der Waals surface area contributed by atoms with Crippen molar-refractivity contribution in [2.45, 2.75) is 290 Å². The van der Waals surface area contributed by atoms with E-state index in [1.165, 1.54) is 161 Å². The second kappa shape index (κ2) is 56.4. The molecule has 0 fully saturated rings. The number of esters is 3. The first-order valence-corrected chi connectivity index (χ1v) is 28.9. The Bertz CT molecular complexity index is 1270. The Hall–Kier alpha value is -3.15. The standard InChI is InChI=1S/C62H108O6/c1-4-7-10-13-16-19-22-25-28-30-31-32-35-37-40-43-46-49-52-55-61(64)67-58-59(57-66-60(63)54-51-48-45-42-39-36-33-27-24-21-18-15-12-9-6-3)68-62(65)56-53-50-47-44-41-38-34-29-26-23-20-17-14-11-8-5-2/h7,10,16,19,25,28,31-32,37,40,46,49,59H,4-6,8-9,11-15,17-18,20-24,26-27,29-30,33-36,38-39,41-45,47-48,50-58H2,1-3H3/b10-7-,19-16-,28-25-,32-31-,40-37-,49-46-. The van der Waals surface area contributed by atoms with Crippen LogP contribution in [0.1, 0.15) is 284 Å². The van der Waals surface area contributed by atoms with Gasteiger partial charge in [-0.25, -0.2) is 0 Å². The van der Waals surface area contributed by atoms with Crippen LogP contribution in [-0.4, -0.2) is 37.2 Å². The van der Waals surface area contributed by atoms with Crippen LogP contribution in [-0.2, 0) is 28.6 Å². The Morgan fingerprint density at radius 1 is 0.309 bits per heavy atom. The van der Waals surface area contributed by atoms with E-state index < -0.39 is 6.10 Å². The molecule has 392 valence electrons. The summed E-state index contributed by atoms with van der Waals surface area (Å²) in [6.07, 6.45) is 71.9. The van der Waals surface area contributed by atoms with Crippen molar-refractivity contribution < 1.29 is 28.6 Å². The molecule has 0 rings (SSSR count). The fourth-order valence-corrected chi connectivity index (χ4v) is 8.18. The quantitative estimate of drug-likeness (QED) is 0.0262. The van der Waals surface area contributed by atoms with Gasteiger partial charge in [-0.1, -0.05) is 280 Å². The number of carbonyl (C=O) groups is 3. The van der Waals surface area contributed by atoms with Gasteiger partial charge in [0.1, 0.15) is 13.2 Å². The zero-order chi connectivity index (χ0) is 49.3. The fraction of sp³-hybridized carbons (Fsp3) is 0.758. The van der Waals surface area contributed by atoms with Gasteiger partial charge in [-0.3, -0.25) is 14.4 Å². The highest BCUT2D eigenvalue weighted by molar-refractivity contribution is 5.71. The van der Waals surface area contributed by atoms with E-state index in [1.54, 1.807) is 0 Å². The van der Waals surface area contributed by atoms with Gasteiger partial charge in [-0.05, 0) is 57.8 Å². The second-order valence-corrected chi connectivity index (χ2v) is 19.2. The van der Waals surface area contributed by atoms with E-state index in [1.807, 2.05) is 6.08 Å². The fourth-order valence-electron chi connectivity index (χ4n) is 8.18. The molecule has 0 heterocycles. The van der Waals surface area contributed by atoms with E-state index in [0.29, 0.717) is 19.3 Å². The van der Waals surface area contributed by atoms with Crippen LogP contribution in [0.5, 0.6) is 0 Å².